The van der Waals surface area contributed by atoms with Crippen molar-refractivity contribution >= 4 is 10.9 Å². The third kappa shape index (κ3) is 1.87. The van der Waals surface area contributed by atoms with Crippen molar-refractivity contribution in [1.29, 1.82) is 0 Å². The Morgan fingerprint density at radius 1 is 0.633 bits per heavy atom. The number of rotatable bonds is 1. The molecule has 146 valence electrons. The van der Waals surface area contributed by atoms with Crippen molar-refractivity contribution in [1.82, 2.24) is 4.98 Å². The van der Waals surface area contributed by atoms with Crippen LogP contribution in [0.2, 0.25) is 0 Å². The van der Waals surface area contributed by atoms with Crippen LogP contribution < -0.4 is 0 Å². The quantitative estimate of drug-likeness (QED) is 0.331. The third-order valence-electron chi connectivity index (χ3n) is 8.46. The summed E-state index contributed by atoms with van der Waals surface area (Å²) in [7, 11) is 0. The highest BCUT2D eigenvalue weighted by Gasteiger charge is 2.63. The Kier molecular flexibility index (Phi) is 3.26. The Morgan fingerprint density at radius 3 is 2.13 bits per heavy atom. The molecule has 1 heteroatoms. The number of hydrogen-bond donors (Lipinski definition) is 0. The van der Waals surface area contributed by atoms with E-state index in [-0.39, 0.29) is 5.41 Å². The lowest BCUT2D eigenvalue weighted by molar-refractivity contribution is 0.299. The van der Waals surface area contributed by atoms with Gasteiger partial charge in [-0.2, -0.15) is 0 Å². The average molecular weight is 388 g/mol. The fraction of sp³-hybridized carbons (Fsp3) is 0.276. The van der Waals surface area contributed by atoms with E-state index in [1.807, 2.05) is 0 Å². The maximum absolute atomic E-state index is 5.36. The van der Waals surface area contributed by atoms with E-state index < -0.39 is 0 Å². The molecule has 4 aromatic rings. The fourth-order valence-corrected chi connectivity index (χ4v) is 7.49. The molecular weight excluding hydrogens is 362 g/mol. The van der Waals surface area contributed by atoms with Crippen molar-refractivity contribution in [3.8, 4) is 22.4 Å². The zero-order valence-corrected chi connectivity index (χ0v) is 17.2. The molecule has 30 heavy (non-hydrogen) atoms. The van der Waals surface area contributed by atoms with Crippen LogP contribution in [0, 0.1) is 0 Å². The van der Waals surface area contributed by atoms with Gasteiger partial charge in [0, 0.05) is 21.8 Å². The first-order valence-corrected chi connectivity index (χ1v) is 11.4. The van der Waals surface area contributed by atoms with Crippen LogP contribution in [0.5, 0.6) is 0 Å². The van der Waals surface area contributed by atoms with Gasteiger partial charge in [-0.3, -0.25) is 0 Å². The number of aromatic nitrogens is 1. The lowest BCUT2D eigenvalue weighted by atomic mass is 9.55. The Bertz CT molecular complexity index is 1290. The van der Waals surface area contributed by atoms with Gasteiger partial charge in [0.15, 0.2) is 0 Å². The molecule has 3 aliphatic rings. The first kappa shape index (κ1) is 16.8. The number of para-hydroxylation sites is 1. The summed E-state index contributed by atoms with van der Waals surface area (Å²) in [5, 5.41) is 1.31. The topological polar surface area (TPSA) is 12.9 Å². The Hall–Kier alpha value is -2.93. The number of pyridine rings is 1. The SMILES string of the molecule is c1ccc(-c2c3c(nc4ccccc24)-c2ccccc2C24CCCC32CCC4)cc1. The fourth-order valence-electron chi connectivity index (χ4n) is 7.49. The molecule has 2 fully saturated rings. The van der Waals surface area contributed by atoms with Crippen LogP contribution in [0.15, 0.2) is 78.9 Å². The van der Waals surface area contributed by atoms with Gasteiger partial charge in [-0.1, -0.05) is 85.6 Å². The number of nitrogens with zero attached hydrogens (tertiary/aromatic N) is 1. The molecule has 3 aliphatic carbocycles. The molecule has 0 N–H and O–H groups in total. The van der Waals surface area contributed by atoms with Gasteiger partial charge in [-0.15, -0.1) is 0 Å². The molecule has 0 radical (unpaired) electrons. The van der Waals surface area contributed by atoms with Crippen molar-refractivity contribution in [3.05, 3.63) is 90.0 Å². The van der Waals surface area contributed by atoms with Gasteiger partial charge < -0.3 is 0 Å². The van der Waals surface area contributed by atoms with Crippen LogP contribution in [0.1, 0.15) is 49.7 Å². The van der Waals surface area contributed by atoms with Crippen molar-refractivity contribution < 1.29 is 0 Å². The minimum absolute atomic E-state index is 0.235. The zero-order valence-electron chi connectivity index (χ0n) is 17.2. The Balaban J connectivity index is 1.72. The first-order valence-electron chi connectivity index (χ1n) is 11.4. The van der Waals surface area contributed by atoms with E-state index in [1.165, 1.54) is 66.3 Å². The van der Waals surface area contributed by atoms with E-state index in [2.05, 4.69) is 78.9 Å². The maximum Gasteiger partial charge on any atom is 0.0756 e. The Labute approximate surface area is 177 Å². The summed E-state index contributed by atoms with van der Waals surface area (Å²) < 4.78 is 0. The van der Waals surface area contributed by atoms with Gasteiger partial charge in [-0.25, -0.2) is 4.98 Å². The summed E-state index contributed by atoms with van der Waals surface area (Å²) >= 11 is 0. The molecule has 3 aromatic carbocycles. The number of hydrogen-bond acceptors (Lipinski definition) is 1. The van der Waals surface area contributed by atoms with E-state index in [4.69, 9.17) is 4.98 Å². The standard InChI is InChI=1S/C29H25N/c1-2-10-20(11-3-1)25-22-13-5-7-15-24(22)30-27-21-12-4-6-14-23(21)28-16-8-18-29(28,26(25)27)19-9-17-28/h1-7,10-15H,8-9,16-19H2. The predicted octanol–water partition coefficient (Wildman–Crippen LogP) is 7.43. The van der Waals surface area contributed by atoms with Crippen molar-refractivity contribution in [2.75, 3.05) is 0 Å². The zero-order chi connectivity index (χ0) is 19.8. The van der Waals surface area contributed by atoms with Gasteiger partial charge in [0.1, 0.15) is 0 Å². The molecule has 0 saturated heterocycles. The average Bonchev–Trinajstić information content (AvgIpc) is 3.36. The van der Waals surface area contributed by atoms with E-state index in [9.17, 15) is 0 Å². The summed E-state index contributed by atoms with van der Waals surface area (Å²) in [5.74, 6) is 0. The molecule has 7 rings (SSSR count). The van der Waals surface area contributed by atoms with Crippen LogP contribution in [-0.4, -0.2) is 4.98 Å². The smallest absolute Gasteiger partial charge is 0.0756 e. The van der Waals surface area contributed by atoms with Crippen LogP contribution in [-0.2, 0) is 10.8 Å². The molecule has 0 spiro atoms. The minimum Gasteiger partial charge on any atom is -0.247 e. The van der Waals surface area contributed by atoms with Crippen molar-refractivity contribution in [2.24, 2.45) is 0 Å². The highest BCUT2D eigenvalue weighted by molar-refractivity contribution is 6.01. The molecule has 0 atom stereocenters. The molecule has 1 nitrogen and oxygen atoms in total. The van der Waals surface area contributed by atoms with Gasteiger partial charge in [0.2, 0.25) is 0 Å². The second kappa shape index (κ2) is 5.82. The maximum atomic E-state index is 5.36. The van der Waals surface area contributed by atoms with Gasteiger partial charge >= 0.3 is 0 Å². The van der Waals surface area contributed by atoms with Crippen molar-refractivity contribution in [3.63, 3.8) is 0 Å². The highest BCUT2D eigenvalue weighted by Crippen LogP contribution is 2.70. The van der Waals surface area contributed by atoms with Crippen LogP contribution >= 0.6 is 0 Å². The third-order valence-corrected chi connectivity index (χ3v) is 8.46. The minimum atomic E-state index is 0.235. The van der Waals surface area contributed by atoms with E-state index in [1.54, 1.807) is 11.1 Å². The van der Waals surface area contributed by atoms with Gasteiger partial charge in [0.05, 0.1) is 11.2 Å². The summed E-state index contributed by atoms with van der Waals surface area (Å²) in [6.45, 7) is 0. The normalized spacial score (nSPS) is 26.1. The van der Waals surface area contributed by atoms with E-state index >= 15 is 0 Å². The lowest BCUT2D eigenvalue weighted by Crippen LogP contribution is -2.44. The number of fused-ring (bicyclic) bond motifs is 4. The second-order valence-electron chi connectivity index (χ2n) is 9.51. The summed E-state index contributed by atoms with van der Waals surface area (Å²) in [6.07, 6.45) is 7.90. The van der Waals surface area contributed by atoms with Gasteiger partial charge in [0.25, 0.3) is 0 Å². The number of benzene rings is 3. The summed E-state index contributed by atoms with van der Waals surface area (Å²) in [4.78, 5) is 5.36. The summed E-state index contributed by atoms with van der Waals surface area (Å²) in [5.41, 5.74) is 10.2. The molecule has 0 amide bonds. The molecule has 1 aromatic heterocycles. The van der Waals surface area contributed by atoms with Crippen LogP contribution in [0.25, 0.3) is 33.3 Å². The monoisotopic (exact) mass is 387 g/mol. The molecule has 0 bridgehead atoms. The van der Waals surface area contributed by atoms with Crippen molar-refractivity contribution in [2.45, 2.75) is 49.4 Å². The summed E-state index contributed by atoms with van der Waals surface area (Å²) in [6, 6.07) is 29.1. The van der Waals surface area contributed by atoms with E-state index in [0.29, 0.717) is 5.41 Å². The molecule has 1 heterocycles. The van der Waals surface area contributed by atoms with Gasteiger partial charge in [-0.05, 0) is 54.0 Å². The molecule has 2 saturated carbocycles. The Morgan fingerprint density at radius 2 is 1.30 bits per heavy atom. The van der Waals surface area contributed by atoms with Crippen LogP contribution in [0.4, 0.5) is 0 Å². The lowest BCUT2D eigenvalue weighted by Gasteiger charge is -2.48. The highest BCUT2D eigenvalue weighted by atomic mass is 14.8. The molecular formula is C29H25N. The van der Waals surface area contributed by atoms with E-state index in [0.717, 1.165) is 5.52 Å². The molecule has 0 aliphatic heterocycles. The van der Waals surface area contributed by atoms with Crippen LogP contribution in [0.3, 0.4) is 0 Å². The molecule has 0 unspecified atom stereocenters. The largest absolute Gasteiger partial charge is 0.247 e. The first-order chi connectivity index (χ1) is 14.8. The predicted molar refractivity (Wildman–Crippen MR) is 124 cm³/mol. The second-order valence-corrected chi connectivity index (χ2v) is 9.51.